The number of hydrogen-bond donors (Lipinski definition) is 3. The van der Waals surface area contributed by atoms with E-state index in [-0.39, 0.29) is 12.0 Å². The number of aliphatic carboxylic acids is 1. The predicted molar refractivity (Wildman–Crippen MR) is 82.5 cm³/mol. The number of carboxylic acids is 1. The Morgan fingerprint density at radius 3 is 2.76 bits per heavy atom. The monoisotopic (exact) mass is 312 g/mol. The number of nitrogens with one attached hydrogen (secondary N) is 1. The Balaban J connectivity index is 1.83. The maximum absolute atomic E-state index is 10.9. The van der Waals surface area contributed by atoms with Crippen molar-refractivity contribution in [1.29, 1.82) is 0 Å². The summed E-state index contributed by atoms with van der Waals surface area (Å²) in [4.78, 5) is 16.6. The highest BCUT2D eigenvalue weighted by atomic mass is 32.1. The zero-order valence-electron chi connectivity index (χ0n) is 12.6. The number of rotatable bonds is 6. The predicted octanol–water partition coefficient (Wildman–Crippen LogP) is 2.36. The quantitative estimate of drug-likeness (QED) is 0.751. The molecule has 1 unspecified atom stereocenters. The standard InChI is InChI=1S/C15H24N2O3S/c1-3-12-8-16-13(21-12)10(2)17-9-15(20)6-4-11(5-7-15)14(18)19/h8,10-11,17,20H,3-7,9H2,1-2H3,(H,18,19). The van der Waals surface area contributed by atoms with Gasteiger partial charge in [-0.05, 0) is 39.0 Å². The molecule has 3 N–H and O–H groups in total. The summed E-state index contributed by atoms with van der Waals surface area (Å²) in [6.07, 6.45) is 5.09. The van der Waals surface area contributed by atoms with Crippen LogP contribution in [0.4, 0.5) is 0 Å². The van der Waals surface area contributed by atoms with Gasteiger partial charge in [0.15, 0.2) is 0 Å². The molecule has 5 nitrogen and oxygen atoms in total. The highest BCUT2D eigenvalue weighted by Crippen LogP contribution is 2.32. The first-order chi connectivity index (χ1) is 9.93. The van der Waals surface area contributed by atoms with Gasteiger partial charge in [0, 0.05) is 17.6 Å². The molecule has 0 saturated heterocycles. The van der Waals surface area contributed by atoms with Crippen LogP contribution in [-0.4, -0.2) is 33.3 Å². The van der Waals surface area contributed by atoms with Crippen molar-refractivity contribution >= 4 is 17.3 Å². The topological polar surface area (TPSA) is 82.5 Å². The Hall–Kier alpha value is -0.980. The van der Waals surface area contributed by atoms with Crippen molar-refractivity contribution in [2.24, 2.45) is 5.92 Å². The molecule has 21 heavy (non-hydrogen) atoms. The maximum Gasteiger partial charge on any atom is 0.306 e. The van der Waals surface area contributed by atoms with Crippen molar-refractivity contribution in [2.45, 2.75) is 57.6 Å². The fourth-order valence-electron chi connectivity index (χ4n) is 2.70. The van der Waals surface area contributed by atoms with Crippen molar-refractivity contribution < 1.29 is 15.0 Å². The van der Waals surface area contributed by atoms with Crippen LogP contribution in [0.2, 0.25) is 0 Å². The van der Waals surface area contributed by atoms with Gasteiger partial charge < -0.3 is 15.5 Å². The summed E-state index contributed by atoms with van der Waals surface area (Å²) in [5.74, 6) is -1.04. The summed E-state index contributed by atoms with van der Waals surface area (Å²) in [5.41, 5.74) is -0.787. The van der Waals surface area contributed by atoms with Crippen LogP contribution in [0.5, 0.6) is 0 Å². The molecular formula is C15H24N2O3S. The molecule has 1 atom stereocenters. The van der Waals surface area contributed by atoms with Gasteiger partial charge in [0.05, 0.1) is 17.6 Å². The van der Waals surface area contributed by atoms with Crippen molar-refractivity contribution in [2.75, 3.05) is 6.54 Å². The fourth-order valence-corrected chi connectivity index (χ4v) is 3.58. The lowest BCUT2D eigenvalue weighted by molar-refractivity contribution is -0.144. The fraction of sp³-hybridized carbons (Fsp3) is 0.733. The second-order valence-corrected chi connectivity index (χ2v) is 7.10. The van der Waals surface area contributed by atoms with Gasteiger partial charge in [0.1, 0.15) is 5.01 Å². The second-order valence-electron chi connectivity index (χ2n) is 5.96. The van der Waals surface area contributed by atoms with Crippen molar-refractivity contribution in [1.82, 2.24) is 10.3 Å². The maximum atomic E-state index is 10.9. The van der Waals surface area contributed by atoms with Crippen LogP contribution in [0.25, 0.3) is 0 Å². The lowest BCUT2D eigenvalue weighted by atomic mass is 9.78. The number of aryl methyl sites for hydroxylation is 1. The van der Waals surface area contributed by atoms with Gasteiger partial charge in [-0.15, -0.1) is 11.3 Å². The molecule has 0 spiro atoms. The number of nitrogens with zero attached hydrogens (tertiary/aromatic N) is 1. The molecule has 1 aliphatic carbocycles. The lowest BCUT2D eigenvalue weighted by Crippen LogP contribution is -2.45. The summed E-state index contributed by atoms with van der Waals surface area (Å²) in [6, 6.07) is 0.108. The third-order valence-corrected chi connectivity index (χ3v) is 5.62. The van der Waals surface area contributed by atoms with E-state index in [1.54, 1.807) is 11.3 Å². The zero-order chi connectivity index (χ0) is 15.5. The van der Waals surface area contributed by atoms with Crippen LogP contribution >= 0.6 is 11.3 Å². The van der Waals surface area contributed by atoms with Crippen LogP contribution < -0.4 is 5.32 Å². The van der Waals surface area contributed by atoms with Crippen LogP contribution in [-0.2, 0) is 11.2 Å². The van der Waals surface area contributed by atoms with Crippen molar-refractivity contribution in [3.63, 3.8) is 0 Å². The Morgan fingerprint density at radius 1 is 1.57 bits per heavy atom. The van der Waals surface area contributed by atoms with Crippen molar-refractivity contribution in [3.8, 4) is 0 Å². The molecule has 1 aliphatic rings. The van der Waals surface area contributed by atoms with Gasteiger partial charge in [-0.3, -0.25) is 4.79 Å². The first-order valence-corrected chi connectivity index (χ1v) is 8.38. The third-order valence-electron chi connectivity index (χ3n) is 4.29. The molecule has 0 amide bonds. The molecule has 0 aliphatic heterocycles. The number of aliphatic hydroxyl groups is 1. The molecule has 1 aromatic rings. The summed E-state index contributed by atoms with van der Waals surface area (Å²) >= 11 is 1.70. The van der Waals surface area contributed by atoms with Crippen molar-refractivity contribution in [3.05, 3.63) is 16.1 Å². The molecule has 118 valence electrons. The normalized spacial score (nSPS) is 27.5. The number of carbonyl (C=O) groups is 1. The molecule has 1 heterocycles. The van der Waals surface area contributed by atoms with Gasteiger partial charge in [-0.2, -0.15) is 0 Å². The van der Waals surface area contributed by atoms with E-state index in [2.05, 4.69) is 17.2 Å². The van der Waals surface area contributed by atoms with Gasteiger partial charge >= 0.3 is 5.97 Å². The van der Waals surface area contributed by atoms with E-state index in [1.807, 2.05) is 13.1 Å². The lowest BCUT2D eigenvalue weighted by Gasteiger charge is -2.35. The molecule has 6 heteroatoms. The number of thiazole rings is 1. The summed E-state index contributed by atoms with van der Waals surface area (Å²) in [5, 5.41) is 23.9. The average Bonchev–Trinajstić information content (AvgIpc) is 2.94. The average molecular weight is 312 g/mol. The molecular weight excluding hydrogens is 288 g/mol. The van der Waals surface area contributed by atoms with Crippen LogP contribution in [0.15, 0.2) is 6.20 Å². The van der Waals surface area contributed by atoms with E-state index in [1.165, 1.54) is 4.88 Å². The van der Waals surface area contributed by atoms with Crippen LogP contribution in [0, 0.1) is 5.92 Å². The smallest absolute Gasteiger partial charge is 0.306 e. The van der Waals surface area contributed by atoms with Gasteiger partial charge in [0.2, 0.25) is 0 Å². The first-order valence-electron chi connectivity index (χ1n) is 7.56. The third kappa shape index (κ3) is 4.25. The summed E-state index contributed by atoms with van der Waals surface area (Å²) in [7, 11) is 0. The van der Waals surface area contributed by atoms with Gasteiger partial charge in [-0.25, -0.2) is 4.98 Å². The Morgan fingerprint density at radius 2 is 2.24 bits per heavy atom. The molecule has 1 fully saturated rings. The van der Waals surface area contributed by atoms with E-state index in [0.717, 1.165) is 11.4 Å². The molecule has 1 saturated carbocycles. The second kappa shape index (κ2) is 6.85. The van der Waals surface area contributed by atoms with E-state index in [4.69, 9.17) is 5.11 Å². The highest BCUT2D eigenvalue weighted by molar-refractivity contribution is 7.11. The van der Waals surface area contributed by atoms with E-state index in [9.17, 15) is 9.90 Å². The Labute approximate surface area is 129 Å². The number of carboxylic acid groups (broad SMARTS) is 1. The van der Waals surface area contributed by atoms with Gasteiger partial charge in [0.25, 0.3) is 0 Å². The Kier molecular flexibility index (Phi) is 5.35. The Bertz CT molecular complexity index is 481. The minimum absolute atomic E-state index is 0.108. The van der Waals surface area contributed by atoms with Crippen LogP contribution in [0.1, 0.15) is 55.5 Å². The molecule has 1 aromatic heterocycles. The summed E-state index contributed by atoms with van der Waals surface area (Å²) in [6.45, 7) is 4.64. The SMILES string of the molecule is CCc1cnc(C(C)NCC2(O)CCC(C(=O)O)CC2)s1. The highest BCUT2D eigenvalue weighted by Gasteiger charge is 2.35. The number of hydrogen-bond acceptors (Lipinski definition) is 5. The summed E-state index contributed by atoms with van der Waals surface area (Å²) < 4.78 is 0. The minimum atomic E-state index is -0.787. The van der Waals surface area contributed by atoms with Crippen LogP contribution in [0.3, 0.4) is 0 Å². The largest absolute Gasteiger partial charge is 0.481 e. The molecule has 0 bridgehead atoms. The molecule has 0 aromatic carbocycles. The first kappa shape index (κ1) is 16.4. The van der Waals surface area contributed by atoms with E-state index >= 15 is 0 Å². The minimum Gasteiger partial charge on any atom is -0.481 e. The molecule has 2 rings (SSSR count). The number of aromatic nitrogens is 1. The molecule has 0 radical (unpaired) electrons. The van der Waals surface area contributed by atoms with Gasteiger partial charge in [-0.1, -0.05) is 6.92 Å². The van der Waals surface area contributed by atoms with E-state index < -0.39 is 11.6 Å². The zero-order valence-corrected chi connectivity index (χ0v) is 13.4. The van der Waals surface area contributed by atoms with E-state index in [0.29, 0.717) is 32.2 Å².